The SMILES string of the molecule is c1ccc(N(c2ccc3c(c2)C2(c4ccccc4-c4ccccc42)c2ccccc2-3)c2ccc3cc4c(cc3c2)-c2cc3cc(-n5c6ccccc6c6ccccc65)ccc3cc2-4)cc1. The zero-order valence-corrected chi connectivity index (χ0v) is 35.3. The summed E-state index contributed by atoms with van der Waals surface area (Å²) >= 11 is 0. The Labute approximate surface area is 376 Å². The number of anilines is 3. The zero-order chi connectivity index (χ0) is 42.4. The molecule has 15 rings (SSSR count). The summed E-state index contributed by atoms with van der Waals surface area (Å²) in [6, 6.07) is 86.3. The van der Waals surface area contributed by atoms with E-state index in [9.17, 15) is 0 Å². The molecule has 0 bridgehead atoms. The maximum Gasteiger partial charge on any atom is 0.0726 e. The van der Waals surface area contributed by atoms with Crippen LogP contribution < -0.4 is 4.90 Å². The summed E-state index contributed by atoms with van der Waals surface area (Å²) in [5.74, 6) is 0. The van der Waals surface area contributed by atoms with E-state index < -0.39 is 5.41 Å². The molecule has 2 nitrogen and oxygen atoms in total. The van der Waals surface area contributed by atoms with E-state index in [4.69, 9.17) is 0 Å². The molecule has 0 atom stereocenters. The molecule has 0 aliphatic heterocycles. The van der Waals surface area contributed by atoms with Gasteiger partial charge in [-0.1, -0.05) is 146 Å². The quantitative estimate of drug-likeness (QED) is 0.172. The van der Waals surface area contributed by atoms with Crippen LogP contribution in [0.5, 0.6) is 0 Å². The van der Waals surface area contributed by atoms with Gasteiger partial charge in [0, 0.05) is 33.5 Å². The molecule has 0 N–H and O–H groups in total. The van der Waals surface area contributed by atoms with E-state index in [1.165, 1.54) is 116 Å². The Hall–Kier alpha value is -8.46. The van der Waals surface area contributed by atoms with Crippen LogP contribution in [0, 0.1) is 0 Å². The average molecular weight is 823 g/mol. The van der Waals surface area contributed by atoms with Gasteiger partial charge in [0.2, 0.25) is 0 Å². The first kappa shape index (κ1) is 35.1. The number of hydrogen-bond donors (Lipinski definition) is 0. The maximum atomic E-state index is 2.48. The van der Waals surface area contributed by atoms with Crippen LogP contribution in [0.4, 0.5) is 17.1 Å². The van der Waals surface area contributed by atoms with Crippen molar-refractivity contribution in [1.82, 2.24) is 4.57 Å². The van der Waals surface area contributed by atoms with Crippen LogP contribution in [-0.2, 0) is 5.41 Å². The fourth-order valence-corrected chi connectivity index (χ4v) is 12.1. The third-order valence-corrected chi connectivity index (χ3v) is 14.9. The molecule has 1 aromatic heterocycles. The van der Waals surface area contributed by atoms with Gasteiger partial charge >= 0.3 is 0 Å². The van der Waals surface area contributed by atoms with Gasteiger partial charge in [-0.05, 0) is 173 Å². The molecule has 3 aliphatic carbocycles. The molecule has 0 radical (unpaired) electrons. The van der Waals surface area contributed by atoms with E-state index in [1.807, 2.05) is 0 Å². The molecule has 0 unspecified atom stereocenters. The Morgan fingerprint density at radius 1 is 0.277 bits per heavy atom. The molecule has 2 heteroatoms. The number of aromatic nitrogens is 1. The molecule has 1 spiro atoms. The van der Waals surface area contributed by atoms with Crippen LogP contribution in [0.25, 0.3) is 93.5 Å². The van der Waals surface area contributed by atoms with Gasteiger partial charge in [0.25, 0.3) is 0 Å². The highest BCUT2D eigenvalue weighted by molar-refractivity contribution is 6.13. The largest absolute Gasteiger partial charge is 0.310 e. The van der Waals surface area contributed by atoms with Gasteiger partial charge in [0.1, 0.15) is 0 Å². The maximum absolute atomic E-state index is 2.48. The molecule has 300 valence electrons. The van der Waals surface area contributed by atoms with E-state index in [1.54, 1.807) is 0 Å². The van der Waals surface area contributed by atoms with Crippen molar-refractivity contribution in [1.29, 1.82) is 0 Å². The van der Waals surface area contributed by atoms with Gasteiger partial charge < -0.3 is 9.47 Å². The van der Waals surface area contributed by atoms with Gasteiger partial charge in [0.05, 0.1) is 16.4 Å². The van der Waals surface area contributed by atoms with Crippen molar-refractivity contribution in [3.8, 4) is 50.2 Å². The fourth-order valence-electron chi connectivity index (χ4n) is 12.1. The second kappa shape index (κ2) is 12.8. The van der Waals surface area contributed by atoms with E-state index >= 15 is 0 Å². The summed E-state index contributed by atoms with van der Waals surface area (Å²) < 4.78 is 2.41. The van der Waals surface area contributed by atoms with Crippen molar-refractivity contribution >= 4 is 60.4 Å². The molecule has 3 aliphatic rings. The van der Waals surface area contributed by atoms with Gasteiger partial charge in [-0.3, -0.25) is 0 Å². The van der Waals surface area contributed by atoms with E-state index in [0.717, 1.165) is 17.1 Å². The van der Waals surface area contributed by atoms with Crippen molar-refractivity contribution in [3.05, 3.63) is 253 Å². The van der Waals surface area contributed by atoms with Crippen LogP contribution in [0.3, 0.4) is 0 Å². The highest BCUT2D eigenvalue weighted by Gasteiger charge is 2.51. The van der Waals surface area contributed by atoms with Crippen LogP contribution in [0.15, 0.2) is 231 Å². The predicted molar refractivity (Wildman–Crippen MR) is 271 cm³/mol. The smallest absolute Gasteiger partial charge is 0.0726 e. The van der Waals surface area contributed by atoms with Crippen LogP contribution in [0.2, 0.25) is 0 Å². The summed E-state index contributed by atoms with van der Waals surface area (Å²) in [4.78, 5) is 2.44. The number of para-hydroxylation sites is 3. The standard InChI is InChI=1S/C63H38N2/c1-2-14-43(15-3-1)64(46-30-31-50-49-18-6-11-23-59(49)63(60(50)38-46)57-21-9-4-16-47(57)48-17-5-10-22-58(48)63)44-28-26-39-34-53-54-35-40-27-29-45(33-42(40)37-56(54)55(53)36-41(39)32-44)65-61-24-12-7-19-51(61)52-20-8-13-25-62(52)65/h1-38H. The van der Waals surface area contributed by atoms with Crippen LogP contribution >= 0.6 is 0 Å². The molecule has 12 aromatic rings. The topological polar surface area (TPSA) is 8.17 Å². The lowest BCUT2D eigenvalue weighted by Gasteiger charge is -2.32. The number of benzene rings is 11. The Balaban J connectivity index is 0.870. The van der Waals surface area contributed by atoms with Crippen molar-refractivity contribution in [2.24, 2.45) is 0 Å². The Bertz CT molecular complexity index is 3900. The molecule has 0 saturated heterocycles. The number of fused-ring (bicyclic) bond motifs is 19. The third-order valence-electron chi connectivity index (χ3n) is 14.9. The van der Waals surface area contributed by atoms with Crippen molar-refractivity contribution in [3.63, 3.8) is 0 Å². The lowest BCUT2D eigenvalue weighted by atomic mass is 9.70. The van der Waals surface area contributed by atoms with Crippen molar-refractivity contribution < 1.29 is 0 Å². The van der Waals surface area contributed by atoms with Gasteiger partial charge in [-0.15, -0.1) is 0 Å². The van der Waals surface area contributed by atoms with Gasteiger partial charge in [-0.2, -0.15) is 0 Å². The monoisotopic (exact) mass is 822 g/mol. The van der Waals surface area contributed by atoms with Crippen molar-refractivity contribution in [2.75, 3.05) is 4.90 Å². The molecular weight excluding hydrogens is 785 g/mol. The molecular formula is C63H38N2. The molecule has 0 amide bonds. The molecule has 0 saturated carbocycles. The normalized spacial score (nSPS) is 13.4. The highest BCUT2D eigenvalue weighted by Crippen LogP contribution is 2.63. The second-order valence-corrected chi connectivity index (χ2v) is 18.0. The van der Waals surface area contributed by atoms with E-state index in [2.05, 4.69) is 240 Å². The van der Waals surface area contributed by atoms with Crippen molar-refractivity contribution in [2.45, 2.75) is 5.41 Å². The number of nitrogens with zero attached hydrogens (tertiary/aromatic N) is 2. The minimum atomic E-state index is -0.412. The minimum absolute atomic E-state index is 0.412. The van der Waals surface area contributed by atoms with Gasteiger partial charge in [-0.25, -0.2) is 0 Å². The predicted octanol–water partition coefficient (Wildman–Crippen LogP) is 16.6. The zero-order valence-electron chi connectivity index (χ0n) is 35.3. The van der Waals surface area contributed by atoms with E-state index in [0.29, 0.717) is 0 Å². The first-order chi connectivity index (χ1) is 32.2. The summed E-state index contributed by atoms with van der Waals surface area (Å²) in [5.41, 5.74) is 22.6. The lowest BCUT2D eigenvalue weighted by Crippen LogP contribution is -2.26. The van der Waals surface area contributed by atoms with Crippen LogP contribution in [0.1, 0.15) is 22.3 Å². The first-order valence-corrected chi connectivity index (χ1v) is 22.7. The first-order valence-electron chi connectivity index (χ1n) is 22.7. The number of hydrogen-bond acceptors (Lipinski definition) is 1. The second-order valence-electron chi connectivity index (χ2n) is 18.0. The Morgan fingerprint density at radius 2 is 0.723 bits per heavy atom. The number of rotatable bonds is 4. The summed E-state index contributed by atoms with van der Waals surface area (Å²) in [5, 5.41) is 7.55. The lowest BCUT2D eigenvalue weighted by molar-refractivity contribution is 0.793. The average Bonchev–Trinajstić information content (AvgIpc) is 3.97. The molecule has 65 heavy (non-hydrogen) atoms. The summed E-state index contributed by atoms with van der Waals surface area (Å²) in [7, 11) is 0. The van der Waals surface area contributed by atoms with E-state index in [-0.39, 0.29) is 0 Å². The minimum Gasteiger partial charge on any atom is -0.310 e. The Morgan fingerprint density at radius 3 is 1.32 bits per heavy atom. The third kappa shape index (κ3) is 4.62. The molecule has 1 heterocycles. The summed E-state index contributed by atoms with van der Waals surface area (Å²) in [6.45, 7) is 0. The van der Waals surface area contributed by atoms with Crippen LogP contribution in [-0.4, -0.2) is 4.57 Å². The molecule has 0 fully saturated rings. The molecule has 11 aromatic carbocycles. The fraction of sp³-hybridized carbons (Fsp3) is 0.0159. The highest BCUT2D eigenvalue weighted by atomic mass is 15.1. The Kier molecular flexibility index (Phi) is 6.91. The summed E-state index contributed by atoms with van der Waals surface area (Å²) in [6.07, 6.45) is 0. The van der Waals surface area contributed by atoms with Gasteiger partial charge in [0.15, 0.2) is 0 Å².